The largest absolute Gasteiger partial charge is 0.494 e. The molecule has 0 bridgehead atoms. The van der Waals surface area contributed by atoms with E-state index in [-0.39, 0.29) is 0 Å². The minimum absolute atomic E-state index is 0.767. The molecule has 4 rings (SSSR count). The Morgan fingerprint density at radius 2 is 1.89 bits per heavy atom. The number of nitrogens with zero attached hydrogens (tertiary/aromatic N) is 3. The van der Waals surface area contributed by atoms with Gasteiger partial charge in [0.2, 0.25) is 0 Å². The molecule has 0 spiro atoms. The van der Waals surface area contributed by atoms with Gasteiger partial charge < -0.3 is 9.64 Å². The van der Waals surface area contributed by atoms with Crippen LogP contribution >= 0.6 is 0 Å². The second-order valence-corrected chi connectivity index (χ2v) is 7.29. The van der Waals surface area contributed by atoms with Crippen LogP contribution in [0.3, 0.4) is 0 Å². The highest BCUT2D eigenvalue weighted by molar-refractivity contribution is 5.79. The van der Waals surface area contributed by atoms with Crippen molar-refractivity contribution in [3.63, 3.8) is 0 Å². The number of rotatable bonds is 7. The molecule has 0 unspecified atom stereocenters. The SMILES string of the molecule is Cc1ccccc1N1CCN(CCCCOc2ccc3cn[nH]c3c2)CC1. The molecule has 3 aromatic rings. The topological polar surface area (TPSA) is 44.4 Å². The van der Waals surface area contributed by atoms with Crippen molar-refractivity contribution in [1.82, 2.24) is 15.1 Å². The summed E-state index contributed by atoms with van der Waals surface area (Å²) in [6, 6.07) is 14.8. The number of H-pyrrole nitrogens is 1. The molecule has 1 aliphatic heterocycles. The molecule has 1 fully saturated rings. The van der Waals surface area contributed by atoms with Gasteiger partial charge >= 0.3 is 0 Å². The average Bonchev–Trinajstić information content (AvgIpc) is 3.17. The third kappa shape index (κ3) is 4.42. The van der Waals surface area contributed by atoms with Crippen molar-refractivity contribution in [2.45, 2.75) is 19.8 Å². The zero-order valence-electron chi connectivity index (χ0n) is 16.0. The third-order valence-corrected chi connectivity index (χ3v) is 5.38. The summed E-state index contributed by atoms with van der Waals surface area (Å²) in [7, 11) is 0. The molecule has 1 aromatic heterocycles. The van der Waals surface area contributed by atoms with Crippen LogP contribution in [0.5, 0.6) is 5.75 Å². The van der Waals surface area contributed by atoms with Crippen LogP contribution in [0.1, 0.15) is 18.4 Å². The molecule has 2 heterocycles. The summed E-state index contributed by atoms with van der Waals surface area (Å²) in [6.45, 7) is 8.65. The summed E-state index contributed by atoms with van der Waals surface area (Å²) < 4.78 is 5.89. The number of hydrogen-bond acceptors (Lipinski definition) is 4. The zero-order chi connectivity index (χ0) is 18.5. The van der Waals surface area contributed by atoms with Crippen molar-refractivity contribution in [2.24, 2.45) is 0 Å². The van der Waals surface area contributed by atoms with Gasteiger partial charge in [-0.3, -0.25) is 10.00 Å². The summed E-state index contributed by atoms with van der Waals surface area (Å²) in [4.78, 5) is 5.09. The predicted molar refractivity (Wildman–Crippen MR) is 111 cm³/mol. The normalized spacial score (nSPS) is 15.4. The second-order valence-electron chi connectivity index (χ2n) is 7.29. The van der Waals surface area contributed by atoms with Crippen molar-refractivity contribution in [1.29, 1.82) is 0 Å². The van der Waals surface area contributed by atoms with Crippen molar-refractivity contribution < 1.29 is 4.74 Å². The van der Waals surface area contributed by atoms with E-state index in [9.17, 15) is 0 Å². The van der Waals surface area contributed by atoms with Gasteiger partial charge in [0, 0.05) is 43.3 Å². The van der Waals surface area contributed by atoms with Crippen LogP contribution in [0.25, 0.3) is 10.9 Å². The maximum atomic E-state index is 5.89. The Morgan fingerprint density at radius 1 is 1.04 bits per heavy atom. The second kappa shape index (κ2) is 8.44. The number of fused-ring (bicyclic) bond motifs is 1. The molecule has 0 saturated carbocycles. The lowest BCUT2D eigenvalue weighted by molar-refractivity contribution is 0.238. The first-order valence-electron chi connectivity index (χ1n) is 9.88. The van der Waals surface area contributed by atoms with E-state index in [0.29, 0.717) is 0 Å². The first-order chi connectivity index (χ1) is 13.3. The molecule has 5 heteroatoms. The summed E-state index contributed by atoms with van der Waals surface area (Å²) in [5.74, 6) is 0.915. The van der Waals surface area contributed by atoms with Crippen LogP contribution in [-0.4, -0.2) is 54.4 Å². The molecule has 0 atom stereocenters. The van der Waals surface area contributed by atoms with Crippen LogP contribution in [0.15, 0.2) is 48.7 Å². The Labute approximate surface area is 160 Å². The van der Waals surface area contributed by atoms with Crippen molar-refractivity contribution in [2.75, 3.05) is 44.2 Å². The van der Waals surface area contributed by atoms with Gasteiger partial charge in [0.1, 0.15) is 5.75 Å². The van der Waals surface area contributed by atoms with Crippen molar-refractivity contribution in [3.05, 3.63) is 54.2 Å². The Kier molecular flexibility index (Phi) is 5.58. The summed E-state index contributed by atoms with van der Waals surface area (Å²) in [5.41, 5.74) is 3.79. The highest BCUT2D eigenvalue weighted by atomic mass is 16.5. The number of aryl methyl sites for hydroxylation is 1. The first kappa shape index (κ1) is 17.9. The number of unbranched alkanes of at least 4 members (excludes halogenated alkanes) is 1. The predicted octanol–water partition coefficient (Wildman–Crippen LogP) is 3.85. The van der Waals surface area contributed by atoms with E-state index < -0.39 is 0 Å². The summed E-state index contributed by atoms with van der Waals surface area (Å²) in [5, 5.41) is 8.14. The average molecular weight is 364 g/mol. The Morgan fingerprint density at radius 3 is 2.74 bits per heavy atom. The van der Waals surface area contributed by atoms with Gasteiger partial charge in [-0.05, 0) is 50.1 Å². The molecule has 1 saturated heterocycles. The fourth-order valence-electron chi connectivity index (χ4n) is 3.76. The number of anilines is 1. The van der Waals surface area contributed by atoms with E-state index in [4.69, 9.17) is 4.74 Å². The fourth-order valence-corrected chi connectivity index (χ4v) is 3.76. The maximum absolute atomic E-state index is 5.89. The lowest BCUT2D eigenvalue weighted by atomic mass is 10.1. The van der Waals surface area contributed by atoms with Crippen LogP contribution in [0.2, 0.25) is 0 Å². The monoisotopic (exact) mass is 364 g/mol. The van der Waals surface area contributed by atoms with Gasteiger partial charge in [-0.15, -0.1) is 0 Å². The highest BCUT2D eigenvalue weighted by Gasteiger charge is 2.17. The lowest BCUT2D eigenvalue weighted by Crippen LogP contribution is -2.46. The number of piperazine rings is 1. The Balaban J connectivity index is 1.15. The minimum atomic E-state index is 0.767. The van der Waals surface area contributed by atoms with E-state index in [2.05, 4.69) is 51.2 Å². The quantitative estimate of drug-likeness (QED) is 0.647. The van der Waals surface area contributed by atoms with Crippen LogP contribution in [0, 0.1) is 6.92 Å². The number of hydrogen-bond donors (Lipinski definition) is 1. The van der Waals surface area contributed by atoms with Gasteiger partial charge in [-0.1, -0.05) is 18.2 Å². The molecule has 0 aliphatic carbocycles. The maximum Gasteiger partial charge on any atom is 0.121 e. The third-order valence-electron chi connectivity index (χ3n) is 5.38. The highest BCUT2D eigenvalue weighted by Crippen LogP contribution is 2.21. The number of aromatic nitrogens is 2. The van der Waals surface area contributed by atoms with E-state index in [1.807, 2.05) is 24.4 Å². The van der Waals surface area contributed by atoms with Crippen LogP contribution in [0.4, 0.5) is 5.69 Å². The van der Waals surface area contributed by atoms with E-state index in [0.717, 1.165) is 62.4 Å². The molecule has 1 aliphatic rings. The number of ether oxygens (including phenoxy) is 1. The molecule has 0 radical (unpaired) electrons. The molecule has 27 heavy (non-hydrogen) atoms. The molecule has 5 nitrogen and oxygen atoms in total. The molecule has 2 aromatic carbocycles. The molecular formula is C22H28N4O. The number of aromatic amines is 1. The van der Waals surface area contributed by atoms with E-state index in [1.165, 1.54) is 17.7 Å². The van der Waals surface area contributed by atoms with Crippen LogP contribution < -0.4 is 9.64 Å². The molecule has 1 N–H and O–H groups in total. The number of benzene rings is 2. The summed E-state index contributed by atoms with van der Waals surface area (Å²) >= 11 is 0. The smallest absolute Gasteiger partial charge is 0.121 e. The van der Waals surface area contributed by atoms with Crippen molar-refractivity contribution in [3.8, 4) is 5.75 Å². The van der Waals surface area contributed by atoms with Gasteiger partial charge in [0.15, 0.2) is 0 Å². The van der Waals surface area contributed by atoms with E-state index >= 15 is 0 Å². The van der Waals surface area contributed by atoms with Crippen LogP contribution in [-0.2, 0) is 0 Å². The molecule has 0 amide bonds. The number of para-hydroxylation sites is 1. The van der Waals surface area contributed by atoms with Gasteiger partial charge in [0.25, 0.3) is 0 Å². The summed E-state index contributed by atoms with van der Waals surface area (Å²) in [6.07, 6.45) is 4.09. The Bertz CT molecular complexity index is 867. The fraction of sp³-hybridized carbons (Fsp3) is 0.409. The molecule has 142 valence electrons. The molecular weight excluding hydrogens is 336 g/mol. The van der Waals surface area contributed by atoms with Gasteiger partial charge in [-0.2, -0.15) is 5.10 Å². The van der Waals surface area contributed by atoms with E-state index in [1.54, 1.807) is 0 Å². The zero-order valence-corrected chi connectivity index (χ0v) is 16.0. The van der Waals surface area contributed by atoms with Crippen molar-refractivity contribution >= 4 is 16.6 Å². The lowest BCUT2D eigenvalue weighted by Gasteiger charge is -2.36. The van der Waals surface area contributed by atoms with Gasteiger partial charge in [0.05, 0.1) is 18.3 Å². The minimum Gasteiger partial charge on any atom is -0.494 e. The first-order valence-corrected chi connectivity index (χ1v) is 9.88. The van der Waals surface area contributed by atoms with Gasteiger partial charge in [-0.25, -0.2) is 0 Å². The Hall–Kier alpha value is -2.53. The number of nitrogens with one attached hydrogen (secondary N) is 1. The standard InChI is InChI=1S/C22H28N4O/c1-18-6-2-3-7-22(18)26-13-11-25(12-14-26)10-4-5-15-27-20-9-8-19-17-23-24-21(19)16-20/h2-3,6-9,16-17H,4-5,10-15H2,1H3,(H,23,24).